The van der Waals surface area contributed by atoms with Crippen LogP contribution in [0.4, 0.5) is 0 Å². The van der Waals surface area contributed by atoms with Crippen LogP contribution in [0.3, 0.4) is 0 Å². The van der Waals surface area contributed by atoms with Crippen molar-refractivity contribution >= 4 is 43.2 Å². The van der Waals surface area contributed by atoms with E-state index in [9.17, 15) is 0 Å². The van der Waals surface area contributed by atoms with Crippen molar-refractivity contribution in [3.63, 3.8) is 0 Å². The third-order valence-electron chi connectivity index (χ3n) is 0. The van der Waals surface area contributed by atoms with E-state index < -0.39 is 0 Å². The summed E-state index contributed by atoms with van der Waals surface area (Å²) in [6.45, 7) is 0. The molecule has 0 aliphatic carbocycles. The summed E-state index contributed by atoms with van der Waals surface area (Å²) in [6.07, 6.45) is 1.47. The van der Waals surface area contributed by atoms with Crippen LogP contribution in [0.5, 0.6) is 0 Å². The molecule has 0 fully saturated rings. The molecular formula is CH3Cl3S. The van der Waals surface area contributed by atoms with Crippen molar-refractivity contribution in [2.24, 2.45) is 0 Å². The lowest BCUT2D eigenvalue weighted by Gasteiger charge is -1.40. The van der Waals surface area contributed by atoms with Crippen LogP contribution in [-0.4, -0.2) is 6.38 Å². The Kier molecular flexibility index (Phi) is 35.9. The van der Waals surface area contributed by atoms with E-state index in [2.05, 4.69) is 33.0 Å². The van der Waals surface area contributed by atoms with Gasteiger partial charge in [-0.25, -0.2) is 0 Å². The predicted octanol–water partition coefficient (Wildman–Crippen LogP) is 2.88. The van der Waals surface area contributed by atoms with Crippen LogP contribution in [0.25, 0.3) is 0 Å². The topological polar surface area (TPSA) is 0 Å². The molecule has 0 atom stereocenters. The normalized spacial score (nSPS) is 4.80. The van der Waals surface area contributed by atoms with Gasteiger partial charge in [-0.2, -0.15) is 0 Å². The first-order valence-corrected chi connectivity index (χ1v) is 3.91. The highest BCUT2D eigenvalue weighted by Gasteiger charge is 1.43. The van der Waals surface area contributed by atoms with E-state index in [1.807, 2.05) is 0 Å². The van der Waals surface area contributed by atoms with Gasteiger partial charge >= 0.3 is 0 Å². The number of rotatable bonds is 0. The van der Waals surface area contributed by atoms with E-state index >= 15 is 0 Å². The van der Waals surface area contributed by atoms with Gasteiger partial charge in [0.25, 0.3) is 0 Å². The molecule has 0 aromatic carbocycles. The second kappa shape index (κ2) is 18.9. The summed E-state index contributed by atoms with van der Waals surface area (Å²) in [5, 5.41) is 0. The van der Waals surface area contributed by atoms with Crippen molar-refractivity contribution < 1.29 is 0 Å². The van der Waals surface area contributed by atoms with Crippen molar-refractivity contribution in [1.29, 1.82) is 0 Å². The van der Waals surface area contributed by atoms with Gasteiger partial charge in [0, 0.05) is 6.38 Å². The van der Waals surface area contributed by atoms with E-state index in [1.165, 1.54) is 6.38 Å². The summed E-state index contributed by atoms with van der Waals surface area (Å²) in [5.41, 5.74) is 0. The Bertz CT molecular complexity index is 6.85. The predicted molar refractivity (Wildman–Crippen MR) is 31.1 cm³/mol. The molecule has 0 aromatic heterocycles. The largest absolute Gasteiger partial charge is 0.130 e. The molecule has 0 aromatic rings. The number of hydrogen-bond donors (Lipinski definition) is 0. The summed E-state index contributed by atoms with van der Waals surface area (Å²) in [6, 6.07) is 0. The van der Waals surface area contributed by atoms with Gasteiger partial charge in [-0.05, 0) is 21.4 Å². The second-order valence-corrected chi connectivity index (χ2v) is 1.57. The minimum atomic E-state index is 0.694. The molecule has 0 saturated carbocycles. The Morgan fingerprint density at radius 2 is 1.20 bits per heavy atom. The molecule has 0 N–H and O–H groups in total. The molecule has 0 aliphatic heterocycles. The first kappa shape index (κ1) is 9.52. The molecule has 0 aliphatic rings. The fourth-order valence-corrected chi connectivity index (χ4v) is 0. The minimum absolute atomic E-state index is 0.694. The zero-order valence-corrected chi connectivity index (χ0v) is 5.63. The second-order valence-electron chi connectivity index (χ2n) is 0.0583. The zero-order chi connectivity index (χ0) is 4.71. The third-order valence-corrected chi connectivity index (χ3v) is 0. The highest BCUT2D eigenvalue weighted by Crippen LogP contribution is 2.08. The highest BCUT2D eigenvalue weighted by molar-refractivity contribution is 8.38. The Morgan fingerprint density at radius 3 is 1.20 bits per heavy atom. The maximum atomic E-state index is 4.68. The average Bonchev–Trinajstić information content (AvgIpc) is 1.46. The van der Waals surface area contributed by atoms with Gasteiger partial charge in [-0.15, -0.1) is 11.6 Å². The Morgan fingerprint density at radius 1 is 1.20 bits per heavy atom. The maximum Gasteiger partial charge on any atom is 0.0523 e. The summed E-state index contributed by atoms with van der Waals surface area (Å²) in [7, 11) is 10.1. The lowest BCUT2D eigenvalue weighted by molar-refractivity contribution is 2.46. The first-order chi connectivity index (χ1) is 2.41. The molecule has 0 amide bonds. The van der Waals surface area contributed by atoms with Gasteiger partial charge in [0.05, 0.1) is 10.2 Å². The monoisotopic (exact) mass is 152 g/mol. The van der Waals surface area contributed by atoms with E-state index in [4.69, 9.17) is 0 Å². The van der Waals surface area contributed by atoms with Crippen LogP contribution in [0.1, 0.15) is 0 Å². The van der Waals surface area contributed by atoms with Crippen LogP contribution in [0.15, 0.2) is 0 Å². The molecule has 0 heterocycles. The number of halogens is 3. The van der Waals surface area contributed by atoms with E-state index in [1.54, 1.807) is 0 Å². The maximum absolute atomic E-state index is 4.68. The van der Waals surface area contributed by atoms with Crippen molar-refractivity contribution in [3.8, 4) is 0 Å². The van der Waals surface area contributed by atoms with Gasteiger partial charge in [-0.3, -0.25) is 0 Å². The summed E-state index contributed by atoms with van der Waals surface area (Å²) >= 11 is 4.64. The smallest absolute Gasteiger partial charge is 0.0523 e. The summed E-state index contributed by atoms with van der Waals surface area (Å²) in [4.78, 5) is 0. The lowest BCUT2D eigenvalue weighted by Crippen LogP contribution is -0.852. The van der Waals surface area contributed by atoms with Crippen LogP contribution < -0.4 is 0 Å². The Hall–Kier alpha value is 1.22. The fourth-order valence-electron chi connectivity index (χ4n) is 0. The van der Waals surface area contributed by atoms with Gasteiger partial charge in [0.2, 0.25) is 0 Å². The van der Waals surface area contributed by atoms with Crippen LogP contribution in [-0.2, 0) is 0 Å². The molecule has 0 saturated heterocycles. The zero-order valence-electron chi connectivity index (χ0n) is 2.54. The Balaban J connectivity index is 0. The molecule has 34 valence electrons. The molecule has 0 spiro atoms. The molecule has 0 bridgehead atoms. The fraction of sp³-hybridized carbons (Fsp3) is 1.00. The Labute approximate surface area is 49.8 Å². The lowest BCUT2D eigenvalue weighted by atomic mass is 12.0. The van der Waals surface area contributed by atoms with Crippen LogP contribution in [0.2, 0.25) is 0 Å². The van der Waals surface area contributed by atoms with E-state index in [-0.39, 0.29) is 0 Å². The quantitative estimate of drug-likeness (QED) is 0.482. The summed E-state index contributed by atoms with van der Waals surface area (Å²) < 4.78 is 0. The van der Waals surface area contributed by atoms with Gasteiger partial charge < -0.3 is 0 Å². The van der Waals surface area contributed by atoms with Crippen molar-refractivity contribution in [1.82, 2.24) is 0 Å². The highest BCUT2D eigenvalue weighted by atomic mass is 36.0. The summed E-state index contributed by atoms with van der Waals surface area (Å²) in [5.74, 6) is 0. The SMILES string of the molecule is CCl.ClSCl. The molecule has 0 unspecified atom stereocenters. The van der Waals surface area contributed by atoms with E-state index in [0.717, 1.165) is 0 Å². The molecule has 0 nitrogen and oxygen atoms in total. The van der Waals surface area contributed by atoms with Gasteiger partial charge in [0.1, 0.15) is 0 Å². The molecule has 5 heavy (non-hydrogen) atoms. The van der Waals surface area contributed by atoms with Gasteiger partial charge in [0.15, 0.2) is 0 Å². The molecule has 0 rings (SSSR count). The van der Waals surface area contributed by atoms with E-state index in [0.29, 0.717) is 10.2 Å². The molecule has 0 radical (unpaired) electrons. The average molecular weight is 153 g/mol. The van der Waals surface area contributed by atoms with Gasteiger partial charge in [-0.1, -0.05) is 0 Å². The van der Waals surface area contributed by atoms with Crippen LogP contribution in [0, 0.1) is 0 Å². The number of hydrogen-bond acceptors (Lipinski definition) is 1. The third kappa shape index (κ3) is 36.4. The van der Waals surface area contributed by atoms with Crippen molar-refractivity contribution in [2.75, 3.05) is 6.38 Å². The van der Waals surface area contributed by atoms with Crippen molar-refractivity contribution in [2.45, 2.75) is 0 Å². The minimum Gasteiger partial charge on any atom is -0.130 e. The number of alkyl halides is 1. The van der Waals surface area contributed by atoms with Crippen molar-refractivity contribution in [3.05, 3.63) is 0 Å². The molecule has 4 heteroatoms. The standard InChI is InChI=1S/CH3Cl.Cl2S/c1-2;1-3-2/h1H3;. The van der Waals surface area contributed by atoms with Crippen LogP contribution >= 0.6 is 43.2 Å². The molecular weight excluding hydrogens is 150 g/mol. The first-order valence-electron chi connectivity index (χ1n) is 0.687.